The number of carbonyl (C=O) groups excluding carboxylic acids is 1. The van der Waals surface area contributed by atoms with Gasteiger partial charge in [0.25, 0.3) is 5.91 Å². The summed E-state index contributed by atoms with van der Waals surface area (Å²) in [7, 11) is 0. The van der Waals surface area contributed by atoms with Crippen LogP contribution in [-0.2, 0) is 9.63 Å². The first kappa shape index (κ1) is 15.1. The quantitative estimate of drug-likeness (QED) is 0.677. The summed E-state index contributed by atoms with van der Waals surface area (Å²) in [6, 6.07) is 14.8. The Kier molecular flexibility index (Phi) is 5.35. The number of rotatable bonds is 5. The highest BCUT2D eigenvalue weighted by molar-refractivity contribution is 6.30. The Labute approximate surface area is 128 Å². The van der Waals surface area contributed by atoms with Crippen LogP contribution in [-0.4, -0.2) is 18.7 Å². The number of nitrogens with one attached hydrogen (secondary N) is 1. The van der Waals surface area contributed by atoms with Gasteiger partial charge in [-0.05, 0) is 36.2 Å². The Hall–Kier alpha value is -2.33. The molecular formula is C16H15ClN2O2. The second kappa shape index (κ2) is 7.45. The summed E-state index contributed by atoms with van der Waals surface area (Å²) in [5.74, 6) is -0.273. The van der Waals surface area contributed by atoms with Gasteiger partial charge in [-0.2, -0.15) is 0 Å². The first-order valence-electron chi connectivity index (χ1n) is 6.41. The largest absolute Gasteiger partial charge is 0.386 e. The van der Waals surface area contributed by atoms with E-state index >= 15 is 0 Å². The maximum absolute atomic E-state index is 11.7. The van der Waals surface area contributed by atoms with Crippen LogP contribution in [0, 0.1) is 6.92 Å². The molecule has 2 aromatic carbocycles. The minimum atomic E-state index is -0.273. The van der Waals surface area contributed by atoms with E-state index in [4.69, 9.17) is 16.4 Å². The van der Waals surface area contributed by atoms with E-state index in [1.165, 1.54) is 0 Å². The molecular weight excluding hydrogens is 288 g/mol. The third kappa shape index (κ3) is 4.93. The maximum Gasteiger partial charge on any atom is 0.265 e. The van der Waals surface area contributed by atoms with Crippen molar-refractivity contribution in [3.63, 3.8) is 0 Å². The average molecular weight is 303 g/mol. The van der Waals surface area contributed by atoms with Crippen LogP contribution in [0.15, 0.2) is 53.7 Å². The van der Waals surface area contributed by atoms with Gasteiger partial charge in [0, 0.05) is 10.7 Å². The lowest BCUT2D eigenvalue weighted by atomic mass is 10.2. The molecule has 1 amide bonds. The molecule has 4 nitrogen and oxygen atoms in total. The Bertz CT molecular complexity index is 642. The van der Waals surface area contributed by atoms with Crippen molar-refractivity contribution in [3.8, 4) is 0 Å². The van der Waals surface area contributed by atoms with Crippen LogP contribution in [0.25, 0.3) is 0 Å². The van der Waals surface area contributed by atoms with E-state index in [0.717, 1.165) is 11.1 Å². The Morgan fingerprint density at radius 3 is 2.76 bits per heavy atom. The molecule has 1 N–H and O–H groups in total. The zero-order valence-electron chi connectivity index (χ0n) is 11.5. The second-order valence-corrected chi connectivity index (χ2v) is 4.86. The molecule has 0 heterocycles. The van der Waals surface area contributed by atoms with Crippen molar-refractivity contribution in [2.45, 2.75) is 6.92 Å². The molecule has 0 fully saturated rings. The fourth-order valence-electron chi connectivity index (χ4n) is 1.69. The van der Waals surface area contributed by atoms with E-state index in [0.29, 0.717) is 10.7 Å². The molecule has 0 aliphatic heterocycles. The van der Waals surface area contributed by atoms with Gasteiger partial charge in [0.15, 0.2) is 6.61 Å². The topological polar surface area (TPSA) is 50.7 Å². The number of hydrogen-bond acceptors (Lipinski definition) is 3. The molecule has 5 heteroatoms. The molecule has 0 aliphatic carbocycles. The van der Waals surface area contributed by atoms with E-state index in [1.54, 1.807) is 24.4 Å². The summed E-state index contributed by atoms with van der Waals surface area (Å²) in [4.78, 5) is 16.7. The van der Waals surface area contributed by atoms with Gasteiger partial charge in [0.05, 0.1) is 6.21 Å². The summed E-state index contributed by atoms with van der Waals surface area (Å²) in [5.41, 5.74) is 2.51. The molecule has 21 heavy (non-hydrogen) atoms. The van der Waals surface area contributed by atoms with Crippen LogP contribution in [0.5, 0.6) is 0 Å². The van der Waals surface area contributed by atoms with Gasteiger partial charge in [-0.3, -0.25) is 4.79 Å². The molecule has 2 aromatic rings. The molecule has 0 unspecified atom stereocenters. The van der Waals surface area contributed by atoms with Gasteiger partial charge in [-0.1, -0.05) is 47.1 Å². The number of amides is 1. The first-order valence-corrected chi connectivity index (χ1v) is 6.79. The fraction of sp³-hybridized carbons (Fsp3) is 0.125. The lowest BCUT2D eigenvalue weighted by Gasteiger charge is -2.07. The smallest absolute Gasteiger partial charge is 0.265 e. The molecule has 0 aliphatic rings. The molecule has 0 aromatic heterocycles. The standard InChI is InChI=1S/C16H15ClN2O2/c1-12-9-14(17)7-8-15(12)19-16(20)11-21-18-10-13-5-3-2-4-6-13/h2-10H,11H2,1H3,(H,19,20)/b18-10+. The van der Waals surface area contributed by atoms with E-state index in [1.807, 2.05) is 37.3 Å². The van der Waals surface area contributed by atoms with Crippen LogP contribution >= 0.6 is 11.6 Å². The van der Waals surface area contributed by atoms with Crippen molar-refractivity contribution in [1.82, 2.24) is 0 Å². The van der Waals surface area contributed by atoms with Gasteiger partial charge in [0.1, 0.15) is 0 Å². The molecule has 108 valence electrons. The highest BCUT2D eigenvalue weighted by Gasteiger charge is 2.05. The van der Waals surface area contributed by atoms with Gasteiger partial charge < -0.3 is 10.2 Å². The Morgan fingerprint density at radius 2 is 2.05 bits per heavy atom. The summed E-state index contributed by atoms with van der Waals surface area (Å²) < 4.78 is 0. The monoisotopic (exact) mass is 302 g/mol. The zero-order valence-corrected chi connectivity index (χ0v) is 12.3. The van der Waals surface area contributed by atoms with Gasteiger partial charge >= 0.3 is 0 Å². The lowest BCUT2D eigenvalue weighted by Crippen LogP contribution is -2.17. The Morgan fingerprint density at radius 1 is 1.29 bits per heavy atom. The number of nitrogens with zero attached hydrogens (tertiary/aromatic N) is 1. The molecule has 0 radical (unpaired) electrons. The molecule has 0 saturated carbocycles. The van der Waals surface area contributed by atoms with Crippen LogP contribution in [0.2, 0.25) is 5.02 Å². The average Bonchev–Trinajstić information content (AvgIpc) is 2.48. The van der Waals surface area contributed by atoms with Gasteiger partial charge in [-0.15, -0.1) is 0 Å². The summed E-state index contributed by atoms with van der Waals surface area (Å²) >= 11 is 5.86. The van der Waals surface area contributed by atoms with Crippen molar-refractivity contribution in [1.29, 1.82) is 0 Å². The number of halogens is 1. The number of oxime groups is 1. The van der Waals surface area contributed by atoms with Crippen LogP contribution in [0.4, 0.5) is 5.69 Å². The highest BCUT2D eigenvalue weighted by atomic mass is 35.5. The van der Waals surface area contributed by atoms with Crippen molar-refractivity contribution in [2.75, 3.05) is 11.9 Å². The van der Waals surface area contributed by atoms with E-state index in [-0.39, 0.29) is 12.5 Å². The molecule has 0 saturated heterocycles. The normalized spacial score (nSPS) is 10.6. The Balaban J connectivity index is 1.81. The van der Waals surface area contributed by atoms with Gasteiger partial charge in [-0.25, -0.2) is 0 Å². The molecule has 0 spiro atoms. The molecule has 0 atom stereocenters. The number of anilines is 1. The number of aryl methyl sites for hydroxylation is 1. The van der Waals surface area contributed by atoms with Crippen LogP contribution < -0.4 is 5.32 Å². The van der Waals surface area contributed by atoms with Crippen molar-refractivity contribution >= 4 is 29.4 Å². The maximum atomic E-state index is 11.7. The summed E-state index contributed by atoms with van der Waals surface area (Å²) in [6.45, 7) is 1.72. The lowest BCUT2D eigenvalue weighted by molar-refractivity contribution is -0.120. The van der Waals surface area contributed by atoms with Gasteiger partial charge in [0.2, 0.25) is 0 Å². The number of carbonyl (C=O) groups is 1. The van der Waals surface area contributed by atoms with Crippen molar-refractivity contribution in [3.05, 3.63) is 64.7 Å². The fourth-order valence-corrected chi connectivity index (χ4v) is 1.91. The highest BCUT2D eigenvalue weighted by Crippen LogP contribution is 2.19. The minimum absolute atomic E-state index is 0.147. The van der Waals surface area contributed by atoms with Crippen LogP contribution in [0.1, 0.15) is 11.1 Å². The van der Waals surface area contributed by atoms with E-state index in [9.17, 15) is 4.79 Å². The second-order valence-electron chi connectivity index (χ2n) is 4.43. The predicted molar refractivity (Wildman–Crippen MR) is 84.8 cm³/mol. The molecule has 2 rings (SSSR count). The van der Waals surface area contributed by atoms with E-state index < -0.39 is 0 Å². The minimum Gasteiger partial charge on any atom is -0.386 e. The third-order valence-corrected chi connectivity index (χ3v) is 2.97. The van der Waals surface area contributed by atoms with Crippen LogP contribution in [0.3, 0.4) is 0 Å². The molecule has 0 bridgehead atoms. The number of hydrogen-bond donors (Lipinski definition) is 1. The summed E-state index contributed by atoms with van der Waals surface area (Å²) in [5, 5.41) is 7.13. The number of benzene rings is 2. The third-order valence-electron chi connectivity index (χ3n) is 2.73. The van der Waals surface area contributed by atoms with Crippen molar-refractivity contribution < 1.29 is 9.63 Å². The predicted octanol–water partition coefficient (Wildman–Crippen LogP) is 3.64. The SMILES string of the molecule is Cc1cc(Cl)ccc1NC(=O)CO/N=C/c1ccccc1. The summed E-state index contributed by atoms with van der Waals surface area (Å²) in [6.07, 6.45) is 1.56. The van der Waals surface area contributed by atoms with E-state index in [2.05, 4.69) is 10.5 Å². The zero-order chi connectivity index (χ0) is 15.1. The first-order chi connectivity index (χ1) is 10.1. The van der Waals surface area contributed by atoms with Crippen molar-refractivity contribution in [2.24, 2.45) is 5.16 Å².